The van der Waals surface area contributed by atoms with Gasteiger partial charge in [-0.15, -0.1) is 0 Å². The average molecular weight is 341 g/mol. The third-order valence-electron chi connectivity index (χ3n) is 5.09. The Balaban J connectivity index is 0.000000647. The number of likely N-dealkylation sites (tertiary alicyclic amines) is 1. The first kappa shape index (κ1) is 18.7. The number of fused-ring (bicyclic) bond motifs is 1. The smallest absolute Gasteiger partial charge is 0.290 e. The van der Waals surface area contributed by atoms with Gasteiger partial charge in [-0.25, -0.2) is 0 Å². The monoisotopic (exact) mass is 341 g/mol. The molecule has 3 fully saturated rings. The Hall–Kier alpha value is -1.67. The number of nitrogens with zero attached hydrogens (tertiary/aromatic N) is 3. The van der Waals surface area contributed by atoms with E-state index in [1.165, 1.54) is 0 Å². The standard InChI is InChI=1S/C15H25N3O3.CH2O2/c1-11(19)18-4-3-12-9-13(21-14(12)10-18)15(20)17-7-5-16(2)6-8-17;2-1-3/h12-14H,3-10H2,1-2H3;1H,(H,2,3)/t12-,13+,14+;/m0./s1. The number of carbonyl (C=O) groups is 3. The van der Waals surface area contributed by atoms with E-state index >= 15 is 0 Å². The molecule has 8 nitrogen and oxygen atoms in total. The third-order valence-corrected chi connectivity index (χ3v) is 5.09. The van der Waals surface area contributed by atoms with Gasteiger partial charge in [-0.05, 0) is 25.8 Å². The van der Waals surface area contributed by atoms with Crippen molar-refractivity contribution in [2.45, 2.75) is 32.0 Å². The van der Waals surface area contributed by atoms with Crippen LogP contribution in [-0.4, -0.2) is 96.6 Å². The number of ether oxygens (including phenoxy) is 1. The highest BCUT2D eigenvalue weighted by molar-refractivity contribution is 5.81. The molecule has 0 aromatic rings. The van der Waals surface area contributed by atoms with Crippen molar-refractivity contribution in [3.8, 4) is 0 Å². The fourth-order valence-corrected chi connectivity index (χ4v) is 3.61. The summed E-state index contributed by atoms with van der Waals surface area (Å²) in [5.74, 6) is 0.680. The average Bonchev–Trinajstić information content (AvgIpc) is 2.98. The van der Waals surface area contributed by atoms with Crippen LogP contribution in [0.15, 0.2) is 0 Å². The van der Waals surface area contributed by atoms with Gasteiger partial charge in [0.2, 0.25) is 5.91 Å². The first-order valence-corrected chi connectivity index (χ1v) is 8.42. The molecule has 136 valence electrons. The van der Waals surface area contributed by atoms with Crippen LogP contribution in [0.4, 0.5) is 0 Å². The molecule has 3 heterocycles. The lowest BCUT2D eigenvalue weighted by Crippen LogP contribution is -2.50. The van der Waals surface area contributed by atoms with Gasteiger partial charge in [0.1, 0.15) is 6.10 Å². The second-order valence-corrected chi connectivity index (χ2v) is 6.65. The maximum absolute atomic E-state index is 12.6. The van der Waals surface area contributed by atoms with E-state index < -0.39 is 0 Å². The number of hydrogen-bond donors (Lipinski definition) is 1. The van der Waals surface area contributed by atoms with Crippen LogP contribution in [0.1, 0.15) is 19.8 Å². The summed E-state index contributed by atoms with van der Waals surface area (Å²) in [6.07, 6.45) is 1.53. The minimum Gasteiger partial charge on any atom is -0.483 e. The van der Waals surface area contributed by atoms with E-state index in [1.807, 2.05) is 9.80 Å². The molecule has 0 spiro atoms. The molecule has 0 aromatic heterocycles. The zero-order valence-corrected chi connectivity index (χ0v) is 14.4. The van der Waals surface area contributed by atoms with E-state index in [1.54, 1.807) is 6.92 Å². The number of likely N-dealkylation sites (N-methyl/N-ethyl adjacent to an activating group) is 1. The molecule has 0 unspecified atom stereocenters. The summed E-state index contributed by atoms with van der Waals surface area (Å²) in [5, 5.41) is 6.89. The quantitative estimate of drug-likeness (QED) is 0.646. The van der Waals surface area contributed by atoms with E-state index in [0.29, 0.717) is 12.5 Å². The SMILES string of the molecule is CC(=O)N1CC[C@H]2C[C@H](C(=O)N3CCN(C)CC3)O[C@@H]2C1.O=CO. The number of hydrogen-bond acceptors (Lipinski definition) is 5. The van der Waals surface area contributed by atoms with Gasteiger partial charge in [0.25, 0.3) is 12.4 Å². The van der Waals surface area contributed by atoms with Crippen LogP contribution in [-0.2, 0) is 19.1 Å². The molecule has 0 bridgehead atoms. The molecule has 0 radical (unpaired) electrons. The lowest BCUT2D eigenvalue weighted by molar-refractivity contribution is -0.146. The Kier molecular flexibility index (Phi) is 6.56. The van der Waals surface area contributed by atoms with Gasteiger partial charge in [0, 0.05) is 46.2 Å². The molecule has 3 atom stereocenters. The molecule has 3 rings (SSSR count). The summed E-state index contributed by atoms with van der Waals surface area (Å²) in [5.41, 5.74) is 0. The highest BCUT2D eigenvalue weighted by Crippen LogP contribution is 2.34. The minimum atomic E-state index is -0.296. The Bertz CT molecular complexity index is 465. The van der Waals surface area contributed by atoms with Crippen LogP contribution in [0.5, 0.6) is 0 Å². The molecular formula is C16H27N3O5. The van der Waals surface area contributed by atoms with E-state index in [0.717, 1.165) is 45.6 Å². The lowest BCUT2D eigenvalue weighted by atomic mass is 9.91. The second-order valence-electron chi connectivity index (χ2n) is 6.65. The normalized spacial score (nSPS) is 30.2. The highest BCUT2D eigenvalue weighted by Gasteiger charge is 2.43. The van der Waals surface area contributed by atoms with Crippen molar-refractivity contribution in [2.75, 3.05) is 46.3 Å². The second kappa shape index (κ2) is 8.43. The van der Waals surface area contributed by atoms with Gasteiger partial charge in [-0.1, -0.05) is 0 Å². The Morgan fingerprint density at radius 2 is 1.75 bits per heavy atom. The summed E-state index contributed by atoms with van der Waals surface area (Å²) in [6, 6.07) is 0. The molecule has 0 aliphatic carbocycles. The fourth-order valence-electron chi connectivity index (χ4n) is 3.61. The van der Waals surface area contributed by atoms with Crippen LogP contribution in [0.3, 0.4) is 0 Å². The zero-order chi connectivity index (χ0) is 17.7. The Morgan fingerprint density at radius 3 is 2.33 bits per heavy atom. The van der Waals surface area contributed by atoms with Crippen molar-refractivity contribution in [1.82, 2.24) is 14.7 Å². The van der Waals surface area contributed by atoms with Crippen molar-refractivity contribution < 1.29 is 24.2 Å². The van der Waals surface area contributed by atoms with Crippen LogP contribution in [0, 0.1) is 5.92 Å². The Labute approximate surface area is 142 Å². The maximum Gasteiger partial charge on any atom is 0.290 e. The molecule has 8 heteroatoms. The van der Waals surface area contributed by atoms with Gasteiger partial charge < -0.3 is 24.5 Å². The fraction of sp³-hybridized carbons (Fsp3) is 0.812. The van der Waals surface area contributed by atoms with Crippen molar-refractivity contribution >= 4 is 18.3 Å². The number of carboxylic acid groups (broad SMARTS) is 1. The summed E-state index contributed by atoms with van der Waals surface area (Å²) in [6.45, 7) is 6.25. The van der Waals surface area contributed by atoms with Gasteiger partial charge in [-0.3, -0.25) is 14.4 Å². The minimum absolute atomic E-state index is 0.0454. The van der Waals surface area contributed by atoms with E-state index in [-0.39, 0.29) is 30.5 Å². The van der Waals surface area contributed by atoms with Crippen molar-refractivity contribution in [1.29, 1.82) is 0 Å². The van der Waals surface area contributed by atoms with Gasteiger partial charge in [0.15, 0.2) is 0 Å². The number of amides is 2. The first-order chi connectivity index (χ1) is 11.5. The number of piperazine rings is 1. The molecule has 1 N–H and O–H groups in total. The molecule has 2 amide bonds. The predicted molar refractivity (Wildman–Crippen MR) is 86.4 cm³/mol. The lowest BCUT2D eigenvalue weighted by Gasteiger charge is -2.34. The molecule has 24 heavy (non-hydrogen) atoms. The number of piperidine rings is 1. The van der Waals surface area contributed by atoms with Crippen LogP contribution >= 0.6 is 0 Å². The number of carbonyl (C=O) groups excluding carboxylic acids is 2. The summed E-state index contributed by atoms with van der Waals surface area (Å²) in [4.78, 5) is 38.4. The summed E-state index contributed by atoms with van der Waals surface area (Å²) in [7, 11) is 2.08. The number of rotatable bonds is 1. The first-order valence-electron chi connectivity index (χ1n) is 8.42. The van der Waals surface area contributed by atoms with Crippen molar-refractivity contribution in [3.63, 3.8) is 0 Å². The topological polar surface area (TPSA) is 90.4 Å². The maximum atomic E-state index is 12.6. The molecule has 3 saturated heterocycles. The largest absolute Gasteiger partial charge is 0.483 e. The molecule has 3 aliphatic heterocycles. The van der Waals surface area contributed by atoms with Gasteiger partial charge in [0.05, 0.1) is 6.10 Å². The van der Waals surface area contributed by atoms with Crippen molar-refractivity contribution in [3.05, 3.63) is 0 Å². The van der Waals surface area contributed by atoms with E-state index in [4.69, 9.17) is 14.6 Å². The summed E-state index contributed by atoms with van der Waals surface area (Å²) < 4.78 is 5.99. The molecule has 3 aliphatic rings. The predicted octanol–water partition coefficient (Wildman–Crippen LogP) is -0.513. The van der Waals surface area contributed by atoms with Crippen LogP contribution in [0.2, 0.25) is 0 Å². The van der Waals surface area contributed by atoms with Crippen LogP contribution < -0.4 is 0 Å². The molecular weight excluding hydrogens is 314 g/mol. The van der Waals surface area contributed by atoms with Gasteiger partial charge >= 0.3 is 0 Å². The van der Waals surface area contributed by atoms with E-state index in [2.05, 4.69) is 11.9 Å². The van der Waals surface area contributed by atoms with Crippen LogP contribution in [0.25, 0.3) is 0 Å². The Morgan fingerprint density at radius 1 is 1.12 bits per heavy atom. The summed E-state index contributed by atoms with van der Waals surface area (Å²) >= 11 is 0. The van der Waals surface area contributed by atoms with Crippen molar-refractivity contribution in [2.24, 2.45) is 5.92 Å². The third kappa shape index (κ3) is 4.45. The highest BCUT2D eigenvalue weighted by atomic mass is 16.5. The van der Waals surface area contributed by atoms with Gasteiger partial charge in [-0.2, -0.15) is 0 Å². The van der Waals surface area contributed by atoms with E-state index in [9.17, 15) is 9.59 Å². The zero-order valence-electron chi connectivity index (χ0n) is 14.4. The molecule has 0 saturated carbocycles. The molecule has 0 aromatic carbocycles.